The highest BCUT2D eigenvalue weighted by atomic mass is 79.9. The van der Waals surface area contributed by atoms with E-state index >= 15 is 0 Å². The van der Waals surface area contributed by atoms with Crippen molar-refractivity contribution >= 4 is 37.8 Å². The number of amides is 2. The molecule has 0 aliphatic heterocycles. The number of nitrogens with zero attached hydrogens (tertiary/aromatic N) is 2. The maximum atomic E-state index is 13.8. The van der Waals surface area contributed by atoms with E-state index in [4.69, 9.17) is 0 Å². The highest BCUT2D eigenvalue weighted by molar-refractivity contribution is 9.10. The molecule has 0 saturated carbocycles. The molecule has 2 amide bonds. The van der Waals surface area contributed by atoms with Crippen LogP contribution in [0.15, 0.2) is 94.3 Å². The predicted octanol–water partition coefficient (Wildman–Crippen LogP) is 5.40. The zero-order valence-electron chi connectivity index (χ0n) is 23.5. The summed E-state index contributed by atoms with van der Waals surface area (Å²) in [6.07, 6.45) is 0.768. The van der Waals surface area contributed by atoms with Gasteiger partial charge in [-0.05, 0) is 62.6 Å². The van der Waals surface area contributed by atoms with Gasteiger partial charge in [0, 0.05) is 43.0 Å². The van der Waals surface area contributed by atoms with Crippen LogP contribution in [0.25, 0.3) is 0 Å². The van der Waals surface area contributed by atoms with Gasteiger partial charge in [0.15, 0.2) is 0 Å². The van der Waals surface area contributed by atoms with E-state index in [9.17, 15) is 18.0 Å². The molecule has 1 N–H and O–H groups in total. The van der Waals surface area contributed by atoms with Crippen molar-refractivity contribution in [3.8, 4) is 0 Å². The largest absolute Gasteiger partial charge is 0.350 e. The van der Waals surface area contributed by atoms with E-state index in [1.807, 2.05) is 75.4 Å². The van der Waals surface area contributed by atoms with Crippen molar-refractivity contribution in [2.24, 2.45) is 0 Å². The fraction of sp³-hybridized carbons (Fsp3) is 0.355. The number of rotatable bonds is 12. The first-order valence-corrected chi connectivity index (χ1v) is 15.5. The molecule has 3 aromatic rings. The molecule has 0 unspecified atom stereocenters. The molecule has 3 aromatic carbocycles. The second-order valence-corrected chi connectivity index (χ2v) is 13.8. The summed E-state index contributed by atoms with van der Waals surface area (Å²) >= 11 is 3.45. The van der Waals surface area contributed by atoms with E-state index in [2.05, 4.69) is 21.2 Å². The van der Waals surface area contributed by atoms with Gasteiger partial charge < -0.3 is 10.2 Å². The SMILES string of the molecule is CN(CCCC(=O)N(Cc1ccc(Br)cc1)[C@H](Cc1ccccc1)C(=O)NC(C)(C)C)S(=O)(=O)c1ccccc1. The first-order chi connectivity index (χ1) is 18.9. The summed E-state index contributed by atoms with van der Waals surface area (Å²) in [5, 5.41) is 3.05. The average molecular weight is 629 g/mol. The molecule has 7 nitrogen and oxygen atoms in total. The zero-order valence-corrected chi connectivity index (χ0v) is 25.9. The number of carbonyl (C=O) groups excluding carboxylic acids is 2. The zero-order chi connectivity index (χ0) is 29.3. The molecule has 0 aliphatic rings. The Morgan fingerprint density at radius 1 is 0.875 bits per heavy atom. The highest BCUT2D eigenvalue weighted by Crippen LogP contribution is 2.20. The average Bonchev–Trinajstić information content (AvgIpc) is 2.91. The van der Waals surface area contributed by atoms with Crippen molar-refractivity contribution < 1.29 is 18.0 Å². The van der Waals surface area contributed by atoms with Crippen molar-refractivity contribution in [3.63, 3.8) is 0 Å². The van der Waals surface area contributed by atoms with E-state index in [0.29, 0.717) is 12.8 Å². The van der Waals surface area contributed by atoms with Crippen LogP contribution in [0.5, 0.6) is 0 Å². The highest BCUT2D eigenvalue weighted by Gasteiger charge is 2.32. The molecule has 0 saturated heterocycles. The predicted molar refractivity (Wildman–Crippen MR) is 162 cm³/mol. The van der Waals surface area contributed by atoms with Crippen molar-refractivity contribution in [1.29, 1.82) is 0 Å². The Hall–Kier alpha value is -3.01. The van der Waals surface area contributed by atoms with E-state index in [1.54, 1.807) is 35.2 Å². The minimum Gasteiger partial charge on any atom is -0.350 e. The fourth-order valence-corrected chi connectivity index (χ4v) is 5.78. The summed E-state index contributed by atoms with van der Waals surface area (Å²) in [7, 11) is -2.15. The van der Waals surface area contributed by atoms with Crippen molar-refractivity contribution in [2.45, 2.75) is 63.1 Å². The van der Waals surface area contributed by atoms with Crippen LogP contribution in [0.3, 0.4) is 0 Å². The summed E-state index contributed by atoms with van der Waals surface area (Å²) in [5.74, 6) is -0.441. The first-order valence-electron chi connectivity index (χ1n) is 13.3. The summed E-state index contributed by atoms with van der Waals surface area (Å²) in [4.78, 5) is 29.2. The Labute approximate surface area is 246 Å². The topological polar surface area (TPSA) is 86.8 Å². The Morgan fingerprint density at radius 2 is 1.45 bits per heavy atom. The quantitative estimate of drug-likeness (QED) is 0.291. The van der Waals surface area contributed by atoms with Gasteiger partial charge >= 0.3 is 0 Å². The van der Waals surface area contributed by atoms with Gasteiger partial charge in [-0.1, -0.05) is 76.6 Å². The molecule has 0 spiro atoms. The normalized spacial score (nSPS) is 12.7. The molecule has 3 rings (SSSR count). The van der Waals surface area contributed by atoms with Gasteiger partial charge in [-0.2, -0.15) is 0 Å². The molecule has 0 aromatic heterocycles. The minimum atomic E-state index is -3.66. The number of nitrogens with one attached hydrogen (secondary N) is 1. The van der Waals surface area contributed by atoms with Gasteiger partial charge in [-0.25, -0.2) is 12.7 Å². The van der Waals surface area contributed by atoms with Crippen LogP contribution < -0.4 is 5.32 Å². The van der Waals surface area contributed by atoms with E-state index < -0.39 is 21.6 Å². The summed E-state index contributed by atoms with van der Waals surface area (Å²) in [6, 6.07) is 24.8. The van der Waals surface area contributed by atoms with Gasteiger partial charge in [0.05, 0.1) is 4.90 Å². The molecule has 1 atom stereocenters. The lowest BCUT2D eigenvalue weighted by atomic mass is 10.00. The Bertz CT molecular complexity index is 1360. The summed E-state index contributed by atoms with van der Waals surface area (Å²) in [6.45, 7) is 6.16. The number of halogens is 1. The molecule has 0 aliphatic carbocycles. The van der Waals surface area contributed by atoms with Crippen LogP contribution in [-0.4, -0.2) is 54.6 Å². The number of carbonyl (C=O) groups is 2. The smallest absolute Gasteiger partial charge is 0.243 e. The van der Waals surface area contributed by atoms with E-state index in [1.165, 1.54) is 11.4 Å². The van der Waals surface area contributed by atoms with Crippen LogP contribution in [0.4, 0.5) is 0 Å². The monoisotopic (exact) mass is 627 g/mol. The first kappa shape index (κ1) is 31.5. The standard InChI is InChI=1S/C31H38BrN3O4S/c1-31(2,3)33-30(37)28(22-24-12-7-5-8-13-24)35(23-25-17-19-26(32)20-18-25)29(36)16-11-21-34(4)40(38,39)27-14-9-6-10-15-27/h5-10,12-15,17-20,28H,11,16,21-23H2,1-4H3,(H,33,37)/t28-/m1/s1. The maximum absolute atomic E-state index is 13.8. The Morgan fingerprint density at radius 3 is 2.02 bits per heavy atom. The molecule has 0 radical (unpaired) electrons. The third-order valence-electron chi connectivity index (χ3n) is 6.35. The molecular weight excluding hydrogens is 590 g/mol. The lowest BCUT2D eigenvalue weighted by Crippen LogP contribution is -2.54. The second-order valence-electron chi connectivity index (χ2n) is 10.8. The maximum Gasteiger partial charge on any atom is 0.243 e. The van der Waals surface area contributed by atoms with Crippen molar-refractivity contribution in [1.82, 2.24) is 14.5 Å². The number of hydrogen-bond donors (Lipinski definition) is 1. The van der Waals surface area contributed by atoms with E-state index in [0.717, 1.165) is 15.6 Å². The molecule has 0 heterocycles. The molecule has 0 fully saturated rings. The fourth-order valence-electron chi connectivity index (χ4n) is 4.28. The number of sulfonamides is 1. The number of hydrogen-bond acceptors (Lipinski definition) is 4. The molecule has 0 bridgehead atoms. The van der Waals surface area contributed by atoms with Gasteiger partial charge in [0.2, 0.25) is 21.8 Å². The van der Waals surface area contributed by atoms with Crippen LogP contribution in [0.2, 0.25) is 0 Å². The molecule has 9 heteroatoms. The van der Waals surface area contributed by atoms with Crippen LogP contribution in [0, 0.1) is 0 Å². The third-order valence-corrected chi connectivity index (χ3v) is 8.75. The van der Waals surface area contributed by atoms with Crippen molar-refractivity contribution in [3.05, 3.63) is 101 Å². The third kappa shape index (κ3) is 9.28. The second kappa shape index (κ2) is 14.1. The molecule has 40 heavy (non-hydrogen) atoms. The Kier molecular flexibility index (Phi) is 11.1. The molecular formula is C31H38BrN3O4S. The van der Waals surface area contributed by atoms with Crippen molar-refractivity contribution in [2.75, 3.05) is 13.6 Å². The lowest BCUT2D eigenvalue weighted by Gasteiger charge is -2.34. The van der Waals surface area contributed by atoms with Gasteiger partial charge in [-0.15, -0.1) is 0 Å². The molecule has 214 valence electrons. The van der Waals surface area contributed by atoms with Gasteiger partial charge in [0.1, 0.15) is 6.04 Å². The number of benzene rings is 3. The summed E-state index contributed by atoms with van der Waals surface area (Å²) in [5.41, 5.74) is 1.35. The lowest BCUT2D eigenvalue weighted by molar-refractivity contribution is -0.142. The van der Waals surface area contributed by atoms with Crippen LogP contribution >= 0.6 is 15.9 Å². The van der Waals surface area contributed by atoms with Crippen LogP contribution in [-0.2, 0) is 32.6 Å². The summed E-state index contributed by atoms with van der Waals surface area (Å²) < 4.78 is 28.0. The van der Waals surface area contributed by atoms with Gasteiger partial charge in [0.25, 0.3) is 0 Å². The minimum absolute atomic E-state index is 0.0965. The van der Waals surface area contributed by atoms with Crippen LogP contribution in [0.1, 0.15) is 44.7 Å². The Balaban J connectivity index is 1.84. The van der Waals surface area contributed by atoms with Gasteiger partial charge in [-0.3, -0.25) is 9.59 Å². The van der Waals surface area contributed by atoms with E-state index in [-0.39, 0.29) is 36.2 Å².